The van der Waals surface area contributed by atoms with Crippen molar-refractivity contribution in [2.24, 2.45) is 5.92 Å². The van der Waals surface area contributed by atoms with Crippen LogP contribution in [0.15, 0.2) is 0 Å². The minimum Gasteiger partial charge on any atom is -0.348 e. The van der Waals surface area contributed by atoms with E-state index in [2.05, 4.69) is 37.9 Å². The van der Waals surface area contributed by atoms with E-state index in [-0.39, 0.29) is 0 Å². The van der Waals surface area contributed by atoms with Crippen LogP contribution in [0.1, 0.15) is 44.7 Å². The SMILES string of the molecule is CCc1nc(N(CC)CC(C)CC)sc1CNC. The highest BCUT2D eigenvalue weighted by molar-refractivity contribution is 7.15. The van der Waals surface area contributed by atoms with Crippen LogP contribution in [0.25, 0.3) is 0 Å². The standard InChI is InChI=1S/C14H27N3S/c1-6-11(4)10-17(8-3)14-16-12(7-2)13(18-14)9-15-5/h11,15H,6-10H2,1-5H3. The number of anilines is 1. The van der Waals surface area contributed by atoms with Gasteiger partial charge in [0.15, 0.2) is 5.13 Å². The highest BCUT2D eigenvalue weighted by Gasteiger charge is 2.15. The van der Waals surface area contributed by atoms with Crippen LogP contribution in [0.3, 0.4) is 0 Å². The van der Waals surface area contributed by atoms with Gasteiger partial charge in [-0.05, 0) is 26.3 Å². The van der Waals surface area contributed by atoms with Crippen LogP contribution >= 0.6 is 11.3 Å². The Morgan fingerprint density at radius 1 is 1.33 bits per heavy atom. The number of hydrogen-bond donors (Lipinski definition) is 1. The second kappa shape index (κ2) is 7.74. The molecular formula is C14H27N3S. The van der Waals surface area contributed by atoms with Gasteiger partial charge in [0.25, 0.3) is 0 Å². The summed E-state index contributed by atoms with van der Waals surface area (Å²) < 4.78 is 0. The lowest BCUT2D eigenvalue weighted by atomic mass is 10.1. The highest BCUT2D eigenvalue weighted by Crippen LogP contribution is 2.27. The first-order chi connectivity index (χ1) is 8.65. The van der Waals surface area contributed by atoms with Crippen LogP contribution in [0, 0.1) is 5.92 Å². The number of nitrogens with zero attached hydrogens (tertiary/aromatic N) is 2. The third-order valence-corrected chi connectivity index (χ3v) is 4.48. The molecule has 0 saturated carbocycles. The van der Waals surface area contributed by atoms with Crippen molar-refractivity contribution >= 4 is 16.5 Å². The molecule has 0 radical (unpaired) electrons. The second-order valence-electron chi connectivity index (χ2n) is 4.80. The lowest BCUT2D eigenvalue weighted by Crippen LogP contribution is -2.27. The van der Waals surface area contributed by atoms with Crippen molar-refractivity contribution < 1.29 is 0 Å². The van der Waals surface area contributed by atoms with Crippen molar-refractivity contribution in [3.8, 4) is 0 Å². The molecule has 0 aromatic carbocycles. The first-order valence-corrected chi connectivity index (χ1v) is 7.85. The van der Waals surface area contributed by atoms with Crippen molar-refractivity contribution in [2.75, 3.05) is 25.0 Å². The zero-order chi connectivity index (χ0) is 13.5. The molecule has 0 amide bonds. The minimum atomic E-state index is 0.728. The quantitative estimate of drug-likeness (QED) is 0.785. The van der Waals surface area contributed by atoms with E-state index in [1.54, 1.807) is 0 Å². The number of hydrogen-bond acceptors (Lipinski definition) is 4. The zero-order valence-corrected chi connectivity index (χ0v) is 13.2. The maximum absolute atomic E-state index is 4.81. The fourth-order valence-electron chi connectivity index (χ4n) is 1.93. The lowest BCUT2D eigenvalue weighted by Gasteiger charge is -2.23. The van der Waals surface area contributed by atoms with Crippen molar-refractivity contribution in [1.29, 1.82) is 0 Å². The van der Waals surface area contributed by atoms with Crippen molar-refractivity contribution in [3.63, 3.8) is 0 Å². The first-order valence-electron chi connectivity index (χ1n) is 7.04. The minimum absolute atomic E-state index is 0.728. The van der Waals surface area contributed by atoms with Crippen LogP contribution in [-0.2, 0) is 13.0 Å². The van der Waals surface area contributed by atoms with Gasteiger partial charge < -0.3 is 10.2 Å². The normalized spacial score (nSPS) is 12.7. The monoisotopic (exact) mass is 269 g/mol. The third-order valence-electron chi connectivity index (χ3n) is 3.32. The van der Waals surface area contributed by atoms with Crippen LogP contribution in [0.2, 0.25) is 0 Å². The van der Waals surface area contributed by atoms with E-state index >= 15 is 0 Å². The maximum atomic E-state index is 4.81. The maximum Gasteiger partial charge on any atom is 0.185 e. The van der Waals surface area contributed by atoms with E-state index in [1.165, 1.54) is 22.1 Å². The molecule has 1 atom stereocenters. The van der Waals surface area contributed by atoms with Gasteiger partial charge in [-0.15, -0.1) is 11.3 Å². The molecule has 104 valence electrons. The highest BCUT2D eigenvalue weighted by atomic mass is 32.1. The average molecular weight is 269 g/mol. The molecule has 1 aromatic heterocycles. The Labute approximate surface area is 116 Å². The molecule has 0 saturated heterocycles. The van der Waals surface area contributed by atoms with E-state index in [1.807, 2.05) is 18.4 Å². The van der Waals surface area contributed by atoms with Crippen LogP contribution in [0.4, 0.5) is 5.13 Å². The Balaban J connectivity index is 2.85. The Morgan fingerprint density at radius 3 is 2.56 bits per heavy atom. The smallest absolute Gasteiger partial charge is 0.185 e. The summed E-state index contributed by atoms with van der Waals surface area (Å²) in [6.07, 6.45) is 2.25. The van der Waals surface area contributed by atoms with Crippen LogP contribution in [0.5, 0.6) is 0 Å². The van der Waals surface area contributed by atoms with Gasteiger partial charge in [0.2, 0.25) is 0 Å². The summed E-state index contributed by atoms with van der Waals surface area (Å²) in [7, 11) is 2.00. The van der Waals surface area contributed by atoms with E-state index in [9.17, 15) is 0 Å². The van der Waals surface area contributed by atoms with Crippen molar-refractivity contribution in [1.82, 2.24) is 10.3 Å². The predicted molar refractivity (Wildman–Crippen MR) is 81.6 cm³/mol. The molecule has 1 N–H and O–H groups in total. The van der Waals surface area contributed by atoms with Gasteiger partial charge >= 0.3 is 0 Å². The van der Waals surface area contributed by atoms with E-state index in [4.69, 9.17) is 4.98 Å². The Kier molecular flexibility index (Phi) is 6.65. The molecule has 0 fully saturated rings. The fraction of sp³-hybridized carbons (Fsp3) is 0.786. The van der Waals surface area contributed by atoms with Crippen LogP contribution in [-0.4, -0.2) is 25.1 Å². The molecule has 0 aliphatic rings. The lowest BCUT2D eigenvalue weighted by molar-refractivity contribution is 0.547. The number of thiazole rings is 1. The van der Waals surface area contributed by atoms with E-state index in [0.717, 1.165) is 32.0 Å². The number of aromatic nitrogens is 1. The van der Waals surface area contributed by atoms with Gasteiger partial charge in [0.05, 0.1) is 5.69 Å². The molecule has 0 bridgehead atoms. The molecule has 0 spiro atoms. The molecule has 1 unspecified atom stereocenters. The molecule has 0 aliphatic carbocycles. The number of aryl methyl sites for hydroxylation is 1. The molecular weight excluding hydrogens is 242 g/mol. The van der Waals surface area contributed by atoms with Gasteiger partial charge in [-0.3, -0.25) is 0 Å². The molecule has 18 heavy (non-hydrogen) atoms. The molecule has 0 aliphatic heterocycles. The molecule has 4 heteroatoms. The number of rotatable bonds is 8. The Morgan fingerprint density at radius 2 is 2.06 bits per heavy atom. The van der Waals surface area contributed by atoms with Crippen molar-refractivity contribution in [3.05, 3.63) is 10.6 Å². The summed E-state index contributed by atoms with van der Waals surface area (Å²) in [4.78, 5) is 8.61. The summed E-state index contributed by atoms with van der Waals surface area (Å²) in [5.74, 6) is 0.728. The van der Waals surface area contributed by atoms with Gasteiger partial charge in [0.1, 0.15) is 0 Å². The fourth-order valence-corrected chi connectivity index (χ4v) is 3.16. The van der Waals surface area contributed by atoms with Gasteiger partial charge in [0, 0.05) is 24.5 Å². The molecule has 1 rings (SSSR count). The number of nitrogens with one attached hydrogen (secondary N) is 1. The summed E-state index contributed by atoms with van der Waals surface area (Å²) in [6.45, 7) is 12.1. The largest absolute Gasteiger partial charge is 0.348 e. The molecule has 1 aromatic rings. The topological polar surface area (TPSA) is 28.2 Å². The van der Waals surface area contributed by atoms with E-state index < -0.39 is 0 Å². The first kappa shape index (κ1) is 15.4. The summed E-state index contributed by atoms with van der Waals surface area (Å²) in [5, 5.41) is 4.43. The molecule has 3 nitrogen and oxygen atoms in total. The third kappa shape index (κ3) is 3.95. The van der Waals surface area contributed by atoms with Crippen LogP contribution < -0.4 is 10.2 Å². The zero-order valence-electron chi connectivity index (χ0n) is 12.4. The molecule has 1 heterocycles. The van der Waals surface area contributed by atoms with E-state index in [0.29, 0.717) is 0 Å². The van der Waals surface area contributed by atoms with Crippen molar-refractivity contribution in [2.45, 2.75) is 47.1 Å². The Bertz CT molecular complexity index is 349. The summed E-state index contributed by atoms with van der Waals surface area (Å²) in [6, 6.07) is 0. The summed E-state index contributed by atoms with van der Waals surface area (Å²) >= 11 is 1.85. The predicted octanol–water partition coefficient (Wildman–Crippen LogP) is 3.30. The Hall–Kier alpha value is -0.610. The van der Waals surface area contributed by atoms with Gasteiger partial charge in [-0.2, -0.15) is 0 Å². The summed E-state index contributed by atoms with van der Waals surface area (Å²) in [5.41, 5.74) is 1.26. The average Bonchev–Trinajstić information content (AvgIpc) is 2.79. The van der Waals surface area contributed by atoms with Gasteiger partial charge in [-0.1, -0.05) is 27.2 Å². The second-order valence-corrected chi connectivity index (χ2v) is 5.86. The van der Waals surface area contributed by atoms with Gasteiger partial charge in [-0.25, -0.2) is 4.98 Å².